The summed E-state index contributed by atoms with van der Waals surface area (Å²) in [6, 6.07) is 20.0. The number of ether oxygens (including phenoxy) is 1. The van der Waals surface area contributed by atoms with Gasteiger partial charge in [-0.2, -0.15) is 0 Å². The van der Waals surface area contributed by atoms with Crippen molar-refractivity contribution < 1.29 is 22.7 Å². The number of fused-ring (bicyclic) bond motifs is 1. The molecule has 1 aliphatic heterocycles. The second-order valence-corrected chi connectivity index (χ2v) is 9.43. The average Bonchev–Trinajstić information content (AvgIpc) is 3.27. The highest BCUT2D eigenvalue weighted by Gasteiger charge is 2.28. The lowest BCUT2D eigenvalue weighted by molar-refractivity contribution is 0.0600. The maximum atomic E-state index is 13.2. The Morgan fingerprint density at radius 2 is 1.64 bits per heavy atom. The molecule has 0 atom stereocenters. The smallest absolute Gasteiger partial charge is 0.337 e. The van der Waals surface area contributed by atoms with Crippen molar-refractivity contribution in [2.24, 2.45) is 0 Å². The molecule has 170 valence electrons. The number of nitrogens with zero attached hydrogens (tertiary/aromatic N) is 2. The fraction of sp³-hybridized carbons (Fsp3) is 0.200. The maximum Gasteiger partial charge on any atom is 0.337 e. The zero-order chi connectivity index (χ0) is 23.6. The van der Waals surface area contributed by atoms with E-state index in [4.69, 9.17) is 4.74 Å². The molecule has 0 N–H and O–H groups in total. The van der Waals surface area contributed by atoms with E-state index in [-0.39, 0.29) is 17.3 Å². The Kier molecular flexibility index (Phi) is 6.20. The zero-order valence-corrected chi connectivity index (χ0v) is 19.2. The van der Waals surface area contributed by atoms with E-state index in [1.807, 2.05) is 6.07 Å². The first-order valence-electron chi connectivity index (χ1n) is 10.6. The van der Waals surface area contributed by atoms with Crippen LogP contribution in [0.1, 0.15) is 33.2 Å². The van der Waals surface area contributed by atoms with Crippen LogP contribution < -0.4 is 9.21 Å². The van der Waals surface area contributed by atoms with Crippen LogP contribution in [0.15, 0.2) is 77.7 Å². The molecule has 1 heterocycles. The second kappa shape index (κ2) is 9.07. The van der Waals surface area contributed by atoms with Gasteiger partial charge in [-0.05, 0) is 73.5 Å². The number of para-hydroxylation sites is 1. The molecule has 0 bridgehead atoms. The van der Waals surface area contributed by atoms with Crippen molar-refractivity contribution in [3.05, 3.63) is 89.5 Å². The predicted molar refractivity (Wildman–Crippen MR) is 126 cm³/mol. The second-order valence-electron chi connectivity index (χ2n) is 7.57. The number of hydrogen-bond acceptors (Lipinski definition) is 5. The van der Waals surface area contributed by atoms with Crippen LogP contribution in [0.5, 0.6) is 0 Å². The standard InChI is InChI=1S/C25H24N2O5S/c1-3-27(21-7-5-4-6-8-21)33(30,31)22-12-9-18(10-13-22)24(28)26-16-15-19-17-20(25(29)32-2)11-14-23(19)26/h4-14,17H,3,15-16H2,1-2H3. The summed E-state index contributed by atoms with van der Waals surface area (Å²) in [5.74, 6) is -0.644. The molecular weight excluding hydrogens is 440 g/mol. The number of methoxy groups -OCH3 is 1. The van der Waals surface area contributed by atoms with Crippen molar-refractivity contribution in [2.45, 2.75) is 18.2 Å². The van der Waals surface area contributed by atoms with Gasteiger partial charge in [0.2, 0.25) is 0 Å². The number of sulfonamides is 1. The molecule has 0 saturated heterocycles. The first kappa shape index (κ1) is 22.5. The van der Waals surface area contributed by atoms with Gasteiger partial charge in [0.1, 0.15) is 0 Å². The van der Waals surface area contributed by atoms with E-state index < -0.39 is 16.0 Å². The third-order valence-corrected chi connectivity index (χ3v) is 7.58. The van der Waals surface area contributed by atoms with E-state index in [0.29, 0.717) is 29.8 Å². The highest BCUT2D eigenvalue weighted by molar-refractivity contribution is 7.92. The number of esters is 1. The molecule has 0 fully saturated rings. The molecule has 1 aliphatic rings. The van der Waals surface area contributed by atoms with Crippen LogP contribution in [-0.4, -0.2) is 40.5 Å². The molecule has 1 amide bonds. The minimum absolute atomic E-state index is 0.120. The Morgan fingerprint density at radius 1 is 0.970 bits per heavy atom. The lowest BCUT2D eigenvalue weighted by Crippen LogP contribution is -2.31. The minimum atomic E-state index is -3.77. The van der Waals surface area contributed by atoms with Gasteiger partial charge in [0.25, 0.3) is 15.9 Å². The molecule has 4 rings (SSSR count). The molecule has 0 aromatic heterocycles. The molecule has 3 aromatic carbocycles. The van der Waals surface area contributed by atoms with E-state index in [0.717, 1.165) is 11.3 Å². The summed E-state index contributed by atoms with van der Waals surface area (Å²) in [7, 11) is -2.44. The molecule has 0 spiro atoms. The van der Waals surface area contributed by atoms with Crippen molar-refractivity contribution >= 4 is 33.3 Å². The van der Waals surface area contributed by atoms with Gasteiger partial charge < -0.3 is 9.64 Å². The third kappa shape index (κ3) is 4.21. The SMILES string of the molecule is CCN(c1ccccc1)S(=O)(=O)c1ccc(C(=O)N2CCc3cc(C(=O)OC)ccc32)cc1. The van der Waals surface area contributed by atoms with Crippen LogP contribution in [0, 0.1) is 0 Å². The number of hydrogen-bond donors (Lipinski definition) is 0. The number of benzene rings is 3. The third-order valence-electron chi connectivity index (χ3n) is 5.66. The maximum absolute atomic E-state index is 13.2. The van der Waals surface area contributed by atoms with Gasteiger partial charge in [-0.15, -0.1) is 0 Å². The number of carbonyl (C=O) groups excluding carboxylic acids is 2. The molecular formula is C25H24N2O5S. The molecule has 3 aromatic rings. The first-order chi connectivity index (χ1) is 15.9. The van der Waals surface area contributed by atoms with E-state index in [2.05, 4.69) is 0 Å². The lowest BCUT2D eigenvalue weighted by atomic mass is 10.1. The highest BCUT2D eigenvalue weighted by Crippen LogP contribution is 2.31. The monoisotopic (exact) mass is 464 g/mol. The van der Waals surface area contributed by atoms with Crippen LogP contribution in [-0.2, 0) is 21.2 Å². The number of anilines is 2. The lowest BCUT2D eigenvalue weighted by Gasteiger charge is -2.23. The van der Waals surface area contributed by atoms with Gasteiger partial charge in [0, 0.05) is 24.3 Å². The molecule has 33 heavy (non-hydrogen) atoms. The Morgan fingerprint density at radius 3 is 2.27 bits per heavy atom. The quantitative estimate of drug-likeness (QED) is 0.517. The fourth-order valence-corrected chi connectivity index (χ4v) is 5.47. The summed E-state index contributed by atoms with van der Waals surface area (Å²) < 4.78 is 32.4. The summed E-state index contributed by atoms with van der Waals surface area (Å²) in [6.45, 7) is 2.54. The van der Waals surface area contributed by atoms with Crippen molar-refractivity contribution in [3.8, 4) is 0 Å². The average molecular weight is 465 g/mol. The van der Waals surface area contributed by atoms with E-state index in [1.165, 1.54) is 35.7 Å². The van der Waals surface area contributed by atoms with Crippen molar-refractivity contribution in [1.82, 2.24) is 0 Å². The Labute approximate surface area is 193 Å². The fourth-order valence-electron chi connectivity index (χ4n) is 4.00. The molecule has 0 aliphatic carbocycles. The summed E-state index contributed by atoms with van der Waals surface area (Å²) in [6.07, 6.45) is 0.626. The molecule has 0 unspecified atom stereocenters. The van der Waals surface area contributed by atoms with Crippen LogP contribution in [0.4, 0.5) is 11.4 Å². The van der Waals surface area contributed by atoms with Crippen molar-refractivity contribution in [3.63, 3.8) is 0 Å². The van der Waals surface area contributed by atoms with Gasteiger partial charge in [0.15, 0.2) is 0 Å². The summed E-state index contributed by atoms with van der Waals surface area (Å²) in [5, 5.41) is 0. The molecule has 0 radical (unpaired) electrons. The normalized spacial score (nSPS) is 12.8. The molecule has 7 nitrogen and oxygen atoms in total. The van der Waals surface area contributed by atoms with E-state index in [9.17, 15) is 18.0 Å². The molecule has 0 saturated carbocycles. The number of carbonyl (C=O) groups is 2. The topological polar surface area (TPSA) is 84.0 Å². The van der Waals surface area contributed by atoms with Gasteiger partial charge in [-0.3, -0.25) is 9.10 Å². The van der Waals surface area contributed by atoms with Gasteiger partial charge >= 0.3 is 5.97 Å². The van der Waals surface area contributed by atoms with Crippen LogP contribution in [0.3, 0.4) is 0 Å². The molecule has 8 heteroatoms. The largest absolute Gasteiger partial charge is 0.465 e. The summed E-state index contributed by atoms with van der Waals surface area (Å²) in [4.78, 5) is 26.7. The summed E-state index contributed by atoms with van der Waals surface area (Å²) in [5.41, 5.74) is 3.05. The van der Waals surface area contributed by atoms with Crippen molar-refractivity contribution in [2.75, 3.05) is 29.4 Å². The summed E-state index contributed by atoms with van der Waals surface area (Å²) >= 11 is 0. The number of rotatable bonds is 6. The Bertz CT molecular complexity index is 1290. The van der Waals surface area contributed by atoms with Crippen LogP contribution >= 0.6 is 0 Å². The Hall–Kier alpha value is -3.65. The predicted octanol–water partition coefficient (Wildman–Crippen LogP) is 3.89. The zero-order valence-electron chi connectivity index (χ0n) is 18.4. The van der Waals surface area contributed by atoms with Crippen LogP contribution in [0.25, 0.3) is 0 Å². The highest BCUT2D eigenvalue weighted by atomic mass is 32.2. The van der Waals surface area contributed by atoms with E-state index >= 15 is 0 Å². The van der Waals surface area contributed by atoms with Crippen molar-refractivity contribution in [1.29, 1.82) is 0 Å². The van der Waals surface area contributed by atoms with Gasteiger partial charge in [-0.1, -0.05) is 18.2 Å². The van der Waals surface area contributed by atoms with Crippen LogP contribution in [0.2, 0.25) is 0 Å². The first-order valence-corrected chi connectivity index (χ1v) is 12.0. The number of amides is 1. The Balaban J connectivity index is 1.57. The van der Waals surface area contributed by atoms with E-state index in [1.54, 1.807) is 54.3 Å². The minimum Gasteiger partial charge on any atom is -0.465 e. The van der Waals surface area contributed by atoms with Gasteiger partial charge in [-0.25, -0.2) is 13.2 Å². The van der Waals surface area contributed by atoms with Gasteiger partial charge in [0.05, 0.1) is 23.3 Å².